The number of esters is 1. The minimum absolute atomic E-state index is 0.0944. The lowest BCUT2D eigenvalue weighted by atomic mass is 10.1. The SMILES string of the molecule is COC(=O)CC1=CC(SCC(=O)Nc2ccc(C)cc2C)=Nc2cc(C)c(C)cc2N1. The van der Waals surface area contributed by atoms with Crippen LogP contribution in [0.3, 0.4) is 0 Å². The quantitative estimate of drug-likeness (QED) is 0.629. The Bertz CT molecular complexity index is 1090. The Morgan fingerprint density at radius 2 is 1.81 bits per heavy atom. The van der Waals surface area contributed by atoms with E-state index in [1.807, 2.05) is 58.0 Å². The van der Waals surface area contributed by atoms with Gasteiger partial charge in [0.1, 0.15) is 0 Å². The van der Waals surface area contributed by atoms with Gasteiger partial charge in [0.05, 0.1) is 35.7 Å². The molecule has 2 N–H and O–H groups in total. The van der Waals surface area contributed by atoms with Crippen molar-refractivity contribution in [2.75, 3.05) is 23.5 Å². The normalized spacial score (nSPS) is 12.7. The van der Waals surface area contributed by atoms with E-state index in [1.165, 1.54) is 18.9 Å². The van der Waals surface area contributed by atoms with Crippen LogP contribution in [0, 0.1) is 27.7 Å². The molecule has 3 rings (SSSR count). The maximum atomic E-state index is 12.5. The van der Waals surface area contributed by atoms with Gasteiger partial charge in [-0.3, -0.25) is 9.59 Å². The summed E-state index contributed by atoms with van der Waals surface area (Å²) in [5, 5.41) is 6.91. The van der Waals surface area contributed by atoms with Crippen molar-refractivity contribution in [1.82, 2.24) is 0 Å². The molecule has 0 saturated heterocycles. The number of rotatable bonds is 5. The van der Waals surface area contributed by atoms with Gasteiger partial charge in [-0.1, -0.05) is 29.5 Å². The summed E-state index contributed by atoms with van der Waals surface area (Å²) in [5.74, 6) is -0.253. The number of fused-ring (bicyclic) bond motifs is 1. The summed E-state index contributed by atoms with van der Waals surface area (Å²) < 4.78 is 4.81. The molecule has 2 aromatic rings. The van der Waals surface area contributed by atoms with Crippen molar-refractivity contribution < 1.29 is 14.3 Å². The molecule has 31 heavy (non-hydrogen) atoms. The van der Waals surface area contributed by atoms with Crippen molar-refractivity contribution in [2.24, 2.45) is 4.99 Å². The van der Waals surface area contributed by atoms with Gasteiger partial charge < -0.3 is 15.4 Å². The second kappa shape index (κ2) is 9.83. The smallest absolute Gasteiger partial charge is 0.311 e. The summed E-state index contributed by atoms with van der Waals surface area (Å²) in [6.07, 6.45) is 1.90. The summed E-state index contributed by atoms with van der Waals surface area (Å²) >= 11 is 1.33. The molecule has 1 aliphatic rings. The Labute approximate surface area is 187 Å². The molecule has 0 radical (unpaired) electrons. The minimum Gasteiger partial charge on any atom is -0.469 e. The van der Waals surface area contributed by atoms with Crippen molar-refractivity contribution in [3.63, 3.8) is 0 Å². The molecule has 0 aromatic heterocycles. The number of thioether (sulfide) groups is 1. The molecule has 1 aliphatic heterocycles. The second-order valence-electron chi connectivity index (χ2n) is 7.61. The number of methoxy groups -OCH3 is 1. The van der Waals surface area contributed by atoms with Crippen LogP contribution < -0.4 is 10.6 Å². The Morgan fingerprint density at radius 3 is 2.52 bits per heavy atom. The second-order valence-corrected chi connectivity index (χ2v) is 8.60. The van der Waals surface area contributed by atoms with Gasteiger partial charge in [0.25, 0.3) is 0 Å². The molecule has 2 aromatic carbocycles. The van der Waals surface area contributed by atoms with Crippen LogP contribution in [-0.2, 0) is 14.3 Å². The first-order valence-corrected chi connectivity index (χ1v) is 11.0. The van der Waals surface area contributed by atoms with Crippen molar-refractivity contribution in [3.05, 3.63) is 64.4 Å². The first kappa shape index (κ1) is 22.6. The topological polar surface area (TPSA) is 79.8 Å². The number of nitrogens with zero attached hydrogens (tertiary/aromatic N) is 1. The van der Waals surface area contributed by atoms with Crippen LogP contribution in [0.25, 0.3) is 0 Å². The Hall–Kier alpha value is -3.06. The van der Waals surface area contributed by atoms with Crippen LogP contribution >= 0.6 is 11.8 Å². The van der Waals surface area contributed by atoms with Crippen LogP contribution in [0.1, 0.15) is 28.7 Å². The Balaban J connectivity index is 1.79. The zero-order valence-corrected chi connectivity index (χ0v) is 19.3. The Kier molecular flexibility index (Phi) is 7.17. The van der Waals surface area contributed by atoms with E-state index >= 15 is 0 Å². The van der Waals surface area contributed by atoms with E-state index in [9.17, 15) is 9.59 Å². The van der Waals surface area contributed by atoms with E-state index in [0.29, 0.717) is 10.7 Å². The predicted molar refractivity (Wildman–Crippen MR) is 128 cm³/mol. The molecule has 1 amide bonds. The Morgan fingerprint density at radius 1 is 1.06 bits per heavy atom. The summed E-state index contributed by atoms with van der Waals surface area (Å²) in [4.78, 5) is 29.1. The fourth-order valence-electron chi connectivity index (χ4n) is 3.18. The summed E-state index contributed by atoms with van der Waals surface area (Å²) in [6, 6.07) is 9.94. The highest BCUT2D eigenvalue weighted by Crippen LogP contribution is 2.34. The maximum Gasteiger partial charge on any atom is 0.311 e. The van der Waals surface area contributed by atoms with Crippen LogP contribution in [0.5, 0.6) is 0 Å². The van der Waals surface area contributed by atoms with Crippen molar-refractivity contribution in [1.29, 1.82) is 0 Å². The average Bonchev–Trinajstić information content (AvgIpc) is 2.87. The number of carbonyl (C=O) groups excluding carboxylic acids is 2. The molecule has 0 saturated carbocycles. The monoisotopic (exact) mass is 437 g/mol. The highest BCUT2D eigenvalue weighted by molar-refractivity contribution is 8.14. The zero-order chi connectivity index (χ0) is 22.5. The number of carbonyl (C=O) groups is 2. The molecular weight excluding hydrogens is 410 g/mol. The van der Waals surface area contributed by atoms with Crippen molar-refractivity contribution >= 4 is 45.7 Å². The zero-order valence-electron chi connectivity index (χ0n) is 18.5. The summed E-state index contributed by atoms with van der Waals surface area (Å²) in [7, 11) is 1.36. The van der Waals surface area contributed by atoms with E-state index in [4.69, 9.17) is 9.73 Å². The molecule has 162 valence electrons. The number of benzene rings is 2. The van der Waals surface area contributed by atoms with E-state index in [-0.39, 0.29) is 24.1 Å². The van der Waals surface area contributed by atoms with Crippen molar-refractivity contribution in [3.8, 4) is 0 Å². The number of aryl methyl sites for hydroxylation is 4. The van der Waals surface area contributed by atoms with Gasteiger partial charge in [-0.05, 0) is 68.7 Å². The molecule has 0 fully saturated rings. The van der Waals surface area contributed by atoms with Gasteiger partial charge in [-0.15, -0.1) is 0 Å². The molecule has 0 spiro atoms. The summed E-state index contributed by atoms with van der Waals surface area (Å²) in [6.45, 7) is 8.05. The van der Waals surface area contributed by atoms with Gasteiger partial charge in [0.2, 0.25) is 5.91 Å². The first-order valence-electron chi connectivity index (χ1n) is 9.99. The van der Waals surface area contributed by atoms with E-state index < -0.39 is 0 Å². The first-order chi connectivity index (χ1) is 14.7. The fraction of sp³-hybridized carbons (Fsp3) is 0.292. The summed E-state index contributed by atoms with van der Waals surface area (Å²) in [5.41, 5.74) is 7.51. The lowest BCUT2D eigenvalue weighted by Gasteiger charge is -2.12. The number of hydrogen-bond donors (Lipinski definition) is 2. The third kappa shape index (κ3) is 5.98. The maximum absolute atomic E-state index is 12.5. The highest BCUT2D eigenvalue weighted by atomic mass is 32.2. The van der Waals surface area contributed by atoms with Gasteiger partial charge in [-0.2, -0.15) is 0 Å². The third-order valence-electron chi connectivity index (χ3n) is 5.01. The predicted octanol–water partition coefficient (Wildman–Crippen LogP) is 5.19. The van der Waals surface area contributed by atoms with Gasteiger partial charge in [-0.25, -0.2) is 4.99 Å². The fourth-order valence-corrected chi connectivity index (χ4v) is 3.92. The number of amides is 1. The molecule has 7 heteroatoms. The standard InChI is InChI=1S/C24H27N3O3S/c1-14-6-7-19(17(4)8-14)26-22(28)13-31-23-11-18(12-24(29)30-5)25-20-9-15(2)16(3)10-21(20)27-23/h6-11,25H,12-13H2,1-5H3,(H,26,28). The third-order valence-corrected chi connectivity index (χ3v) is 5.92. The van der Waals surface area contributed by atoms with Gasteiger partial charge in [0.15, 0.2) is 0 Å². The molecule has 0 unspecified atom stereocenters. The van der Waals surface area contributed by atoms with E-state index in [1.54, 1.807) is 6.08 Å². The van der Waals surface area contributed by atoms with Crippen LogP contribution in [-0.4, -0.2) is 29.8 Å². The number of hydrogen-bond acceptors (Lipinski definition) is 6. The molecule has 6 nitrogen and oxygen atoms in total. The number of ether oxygens (including phenoxy) is 1. The van der Waals surface area contributed by atoms with Gasteiger partial charge >= 0.3 is 5.97 Å². The molecule has 0 bridgehead atoms. The molecular formula is C24H27N3O3S. The minimum atomic E-state index is -0.344. The highest BCUT2D eigenvalue weighted by Gasteiger charge is 2.16. The van der Waals surface area contributed by atoms with Crippen LogP contribution in [0.2, 0.25) is 0 Å². The average molecular weight is 438 g/mol. The number of anilines is 2. The lowest BCUT2D eigenvalue weighted by Crippen LogP contribution is -2.16. The molecule has 1 heterocycles. The lowest BCUT2D eigenvalue weighted by molar-refractivity contribution is -0.139. The van der Waals surface area contributed by atoms with Gasteiger partial charge in [0, 0.05) is 11.4 Å². The molecule has 0 aliphatic carbocycles. The number of aliphatic imine (C=N–C) groups is 1. The molecule has 0 atom stereocenters. The van der Waals surface area contributed by atoms with Crippen molar-refractivity contribution in [2.45, 2.75) is 34.1 Å². The number of nitrogens with one attached hydrogen (secondary N) is 2. The van der Waals surface area contributed by atoms with Crippen LogP contribution in [0.15, 0.2) is 47.1 Å². The van der Waals surface area contributed by atoms with E-state index in [0.717, 1.165) is 39.3 Å². The van der Waals surface area contributed by atoms with E-state index in [2.05, 4.69) is 10.6 Å². The van der Waals surface area contributed by atoms with Crippen LogP contribution in [0.4, 0.5) is 17.1 Å². The largest absolute Gasteiger partial charge is 0.469 e.